The topological polar surface area (TPSA) is 78.4 Å². The Hall–Kier alpha value is -0.840. The maximum absolute atomic E-state index is 10.7. The molecule has 0 radical (unpaired) electrons. The number of hydrogen-bond donors (Lipinski definition) is 1. The molecule has 5 heteroatoms. The molecule has 2 aliphatic rings. The molecule has 2 saturated carbocycles. The molecule has 5 nitrogen and oxygen atoms in total. The van der Waals surface area contributed by atoms with Gasteiger partial charge in [-0.25, -0.2) is 0 Å². The van der Waals surface area contributed by atoms with Crippen molar-refractivity contribution in [3.8, 4) is 0 Å². The van der Waals surface area contributed by atoms with Crippen molar-refractivity contribution in [3.05, 3.63) is 10.1 Å². The molecule has 0 aromatic heterocycles. The Labute approximate surface area is 121 Å². The van der Waals surface area contributed by atoms with Crippen LogP contribution in [0.1, 0.15) is 58.8 Å². The fourth-order valence-electron chi connectivity index (χ4n) is 4.85. The van der Waals surface area contributed by atoms with Crippen LogP contribution in [0.25, 0.3) is 0 Å². The fraction of sp³-hybridized carbons (Fsp3) is 1.00. The molecule has 2 aliphatic carbocycles. The summed E-state index contributed by atoms with van der Waals surface area (Å²) < 4.78 is 0. The van der Waals surface area contributed by atoms with Crippen LogP contribution in [0.3, 0.4) is 0 Å². The minimum Gasteiger partial charge on any atom is -0.330 e. The van der Waals surface area contributed by atoms with Crippen LogP contribution in [0.5, 0.6) is 0 Å². The third-order valence-electron chi connectivity index (χ3n) is 5.68. The summed E-state index contributed by atoms with van der Waals surface area (Å²) in [5, 5.41) is 10.1. The van der Waals surface area contributed by atoms with Gasteiger partial charge >= 0.3 is 0 Å². The third kappa shape index (κ3) is 3.25. The van der Waals surface area contributed by atoms with Gasteiger partial charge in [0.25, 0.3) is 5.09 Å². The lowest BCUT2D eigenvalue weighted by Gasteiger charge is -2.53. The van der Waals surface area contributed by atoms with E-state index in [4.69, 9.17) is 10.6 Å². The van der Waals surface area contributed by atoms with Crippen LogP contribution in [-0.2, 0) is 4.84 Å². The summed E-state index contributed by atoms with van der Waals surface area (Å²) >= 11 is 0. The van der Waals surface area contributed by atoms with Crippen LogP contribution in [0.2, 0.25) is 0 Å². The minimum absolute atomic E-state index is 0.00521. The molecule has 0 heterocycles. The van der Waals surface area contributed by atoms with Crippen LogP contribution >= 0.6 is 0 Å². The summed E-state index contributed by atoms with van der Waals surface area (Å²) in [6.45, 7) is 4.84. The molecule has 0 aliphatic heterocycles. The number of fused-ring (bicyclic) bond motifs is 2. The van der Waals surface area contributed by atoms with Crippen LogP contribution < -0.4 is 5.73 Å². The van der Waals surface area contributed by atoms with Gasteiger partial charge in [0.15, 0.2) is 0 Å². The molecule has 5 atom stereocenters. The van der Waals surface area contributed by atoms with Gasteiger partial charge in [-0.05, 0) is 75.2 Å². The average Bonchev–Trinajstić information content (AvgIpc) is 2.37. The Morgan fingerprint density at radius 2 is 2.00 bits per heavy atom. The van der Waals surface area contributed by atoms with Gasteiger partial charge in [-0.3, -0.25) is 0 Å². The van der Waals surface area contributed by atoms with Crippen molar-refractivity contribution in [1.29, 1.82) is 0 Å². The van der Waals surface area contributed by atoms with Crippen molar-refractivity contribution >= 4 is 0 Å². The number of hydrogen-bond acceptors (Lipinski definition) is 4. The molecule has 2 rings (SSSR count). The van der Waals surface area contributed by atoms with E-state index in [1.54, 1.807) is 0 Å². The highest BCUT2D eigenvalue weighted by molar-refractivity contribution is 4.98. The van der Waals surface area contributed by atoms with E-state index in [0.717, 1.165) is 32.2 Å². The fourth-order valence-corrected chi connectivity index (χ4v) is 4.85. The summed E-state index contributed by atoms with van der Waals surface area (Å²) in [6.07, 6.45) is 7.67. The van der Waals surface area contributed by atoms with Crippen molar-refractivity contribution in [2.45, 2.75) is 64.9 Å². The van der Waals surface area contributed by atoms with E-state index in [2.05, 4.69) is 6.92 Å². The van der Waals surface area contributed by atoms with E-state index in [0.29, 0.717) is 17.8 Å². The number of nitrogens with two attached hydrogens (primary N) is 1. The van der Waals surface area contributed by atoms with Gasteiger partial charge in [0, 0.05) is 0 Å². The van der Waals surface area contributed by atoms with E-state index in [9.17, 15) is 10.1 Å². The van der Waals surface area contributed by atoms with E-state index in [1.165, 1.54) is 19.3 Å². The summed E-state index contributed by atoms with van der Waals surface area (Å²) in [5.41, 5.74) is 5.72. The first kappa shape index (κ1) is 15.5. The smallest absolute Gasteiger partial charge is 0.294 e. The Morgan fingerprint density at radius 1 is 1.35 bits per heavy atom. The van der Waals surface area contributed by atoms with Gasteiger partial charge in [0.05, 0.1) is 0 Å². The summed E-state index contributed by atoms with van der Waals surface area (Å²) in [6, 6.07) is 0. The molecule has 116 valence electrons. The van der Waals surface area contributed by atoms with E-state index >= 15 is 0 Å². The van der Waals surface area contributed by atoms with Gasteiger partial charge in [-0.15, -0.1) is 10.1 Å². The maximum Gasteiger partial charge on any atom is 0.294 e. The molecule has 2 bridgehead atoms. The van der Waals surface area contributed by atoms with Gasteiger partial charge in [-0.1, -0.05) is 13.3 Å². The Bertz CT molecular complexity index is 350. The minimum atomic E-state index is -0.615. The van der Waals surface area contributed by atoms with Crippen molar-refractivity contribution in [2.75, 3.05) is 6.54 Å². The summed E-state index contributed by atoms with van der Waals surface area (Å²) in [4.78, 5) is 15.7. The second kappa shape index (κ2) is 6.29. The van der Waals surface area contributed by atoms with Crippen molar-refractivity contribution < 1.29 is 9.92 Å². The maximum atomic E-state index is 10.7. The zero-order valence-electron chi connectivity index (χ0n) is 12.7. The Balaban J connectivity index is 2.16. The lowest BCUT2D eigenvalue weighted by Crippen LogP contribution is -2.48. The van der Waals surface area contributed by atoms with Crippen molar-refractivity contribution in [2.24, 2.45) is 28.9 Å². The normalized spacial score (nSPS) is 38.2. The SMILES string of the molecule is CCC1CC2CC(CCN)CC(C(C)O[N+](=O)[O-])(C1)C2. The first-order valence-corrected chi connectivity index (χ1v) is 8.00. The molecule has 20 heavy (non-hydrogen) atoms. The van der Waals surface area contributed by atoms with Crippen LogP contribution in [0.15, 0.2) is 0 Å². The molecular formula is C15H28N2O3. The highest BCUT2D eigenvalue weighted by Gasteiger charge is 2.49. The highest BCUT2D eigenvalue weighted by atomic mass is 17.0. The first-order valence-electron chi connectivity index (χ1n) is 8.00. The van der Waals surface area contributed by atoms with Crippen LogP contribution in [0, 0.1) is 33.3 Å². The van der Waals surface area contributed by atoms with Gasteiger partial charge in [0.1, 0.15) is 6.10 Å². The van der Waals surface area contributed by atoms with E-state index in [-0.39, 0.29) is 11.5 Å². The molecular weight excluding hydrogens is 256 g/mol. The molecule has 0 aromatic rings. The van der Waals surface area contributed by atoms with Crippen LogP contribution in [0.4, 0.5) is 0 Å². The van der Waals surface area contributed by atoms with Crippen LogP contribution in [-0.4, -0.2) is 17.7 Å². The van der Waals surface area contributed by atoms with Gasteiger partial charge in [0.2, 0.25) is 0 Å². The lowest BCUT2D eigenvalue weighted by atomic mass is 9.54. The largest absolute Gasteiger partial charge is 0.330 e. The van der Waals surface area contributed by atoms with Gasteiger partial charge in [-0.2, -0.15) is 0 Å². The second-order valence-corrected chi connectivity index (χ2v) is 7.00. The monoisotopic (exact) mass is 284 g/mol. The Morgan fingerprint density at radius 3 is 2.60 bits per heavy atom. The van der Waals surface area contributed by atoms with Gasteiger partial charge < -0.3 is 10.6 Å². The van der Waals surface area contributed by atoms with Crippen molar-refractivity contribution in [3.63, 3.8) is 0 Å². The first-order chi connectivity index (χ1) is 9.49. The number of nitrogens with zero attached hydrogens (tertiary/aromatic N) is 1. The lowest BCUT2D eigenvalue weighted by molar-refractivity contribution is -0.772. The zero-order chi connectivity index (χ0) is 14.8. The van der Waals surface area contributed by atoms with E-state index in [1.807, 2.05) is 6.92 Å². The molecule has 5 unspecified atom stereocenters. The Kier molecular flexibility index (Phi) is 4.89. The molecule has 2 N–H and O–H groups in total. The molecule has 0 aromatic carbocycles. The summed E-state index contributed by atoms with van der Waals surface area (Å²) in [7, 11) is 0. The predicted molar refractivity (Wildman–Crippen MR) is 77.5 cm³/mol. The zero-order valence-corrected chi connectivity index (χ0v) is 12.7. The standard InChI is InChI=1S/C15H28N2O3/c1-3-12-6-14-7-13(4-5-16)9-15(8-12,10-14)11(2)20-17(18)19/h11-14H,3-10,16H2,1-2H3. The predicted octanol–water partition coefficient (Wildman–Crippen LogP) is 3.15. The summed E-state index contributed by atoms with van der Waals surface area (Å²) in [5.74, 6) is 2.02. The quantitative estimate of drug-likeness (QED) is 0.600. The average molecular weight is 284 g/mol. The molecule has 0 spiro atoms. The second-order valence-electron chi connectivity index (χ2n) is 7.00. The molecule has 0 amide bonds. The van der Waals surface area contributed by atoms with E-state index < -0.39 is 5.09 Å². The molecule has 0 saturated heterocycles. The number of rotatable bonds is 6. The van der Waals surface area contributed by atoms with Crippen molar-refractivity contribution in [1.82, 2.24) is 0 Å². The molecule has 2 fully saturated rings. The third-order valence-corrected chi connectivity index (χ3v) is 5.68. The highest BCUT2D eigenvalue weighted by Crippen LogP contribution is 2.56.